The number of aliphatic imine (C=N–C) groups is 1. The molecule has 0 unspecified atom stereocenters. The van der Waals surface area contributed by atoms with Crippen molar-refractivity contribution in [2.75, 3.05) is 13.1 Å². The van der Waals surface area contributed by atoms with Gasteiger partial charge in [0.1, 0.15) is 0 Å². The quantitative estimate of drug-likeness (QED) is 0.567. The van der Waals surface area contributed by atoms with Crippen LogP contribution in [0.25, 0.3) is 11.0 Å². The molecule has 1 heterocycles. The molecule has 112 valence electrons. The summed E-state index contributed by atoms with van der Waals surface area (Å²) in [6.45, 7) is 1.95. The lowest BCUT2D eigenvalue weighted by Crippen LogP contribution is -2.36. The second-order valence-electron chi connectivity index (χ2n) is 5.55. The molecule has 0 bridgehead atoms. The highest BCUT2D eigenvalue weighted by Crippen LogP contribution is 2.26. The van der Waals surface area contributed by atoms with Crippen molar-refractivity contribution in [3.05, 3.63) is 34.7 Å². The number of aromatic amines is 1. The van der Waals surface area contributed by atoms with Crippen LogP contribution < -0.4 is 16.7 Å². The van der Waals surface area contributed by atoms with Crippen LogP contribution >= 0.6 is 0 Å². The summed E-state index contributed by atoms with van der Waals surface area (Å²) >= 11 is 0. The van der Waals surface area contributed by atoms with Gasteiger partial charge in [-0.1, -0.05) is 18.6 Å². The average Bonchev–Trinajstić information content (AvgIpc) is 2.73. The van der Waals surface area contributed by atoms with E-state index in [0.29, 0.717) is 25.0 Å². The molecule has 0 atom stereocenters. The van der Waals surface area contributed by atoms with Gasteiger partial charge < -0.3 is 16.0 Å². The SMILES string of the molecule is NC(=NCC1CCC1)NCCn1c(=O)[nH]c2ccccc21. The number of nitrogens with two attached hydrogens (primary N) is 1. The van der Waals surface area contributed by atoms with Crippen LogP contribution in [-0.2, 0) is 6.54 Å². The molecule has 1 aromatic carbocycles. The largest absolute Gasteiger partial charge is 0.370 e. The van der Waals surface area contributed by atoms with Crippen LogP contribution in [0.1, 0.15) is 19.3 Å². The van der Waals surface area contributed by atoms with Crippen LogP contribution in [-0.4, -0.2) is 28.6 Å². The Balaban J connectivity index is 1.56. The van der Waals surface area contributed by atoms with E-state index in [1.165, 1.54) is 19.3 Å². The summed E-state index contributed by atoms with van der Waals surface area (Å²) in [5.41, 5.74) is 7.51. The normalized spacial score (nSPS) is 16.1. The summed E-state index contributed by atoms with van der Waals surface area (Å²) in [4.78, 5) is 19.1. The molecule has 1 fully saturated rings. The van der Waals surface area contributed by atoms with E-state index in [4.69, 9.17) is 5.73 Å². The molecule has 4 N–H and O–H groups in total. The van der Waals surface area contributed by atoms with Gasteiger partial charge in [-0.3, -0.25) is 9.56 Å². The lowest BCUT2D eigenvalue weighted by Gasteiger charge is -2.23. The smallest absolute Gasteiger partial charge is 0.326 e. The highest BCUT2D eigenvalue weighted by molar-refractivity contribution is 5.78. The Bertz CT molecular complexity index is 695. The molecule has 0 spiro atoms. The molecule has 0 amide bonds. The van der Waals surface area contributed by atoms with Gasteiger partial charge in [-0.2, -0.15) is 0 Å². The number of fused-ring (bicyclic) bond motifs is 1. The number of benzene rings is 1. The van der Waals surface area contributed by atoms with Gasteiger partial charge in [0.25, 0.3) is 0 Å². The highest BCUT2D eigenvalue weighted by Gasteiger charge is 2.16. The van der Waals surface area contributed by atoms with Gasteiger partial charge in [0.15, 0.2) is 5.96 Å². The number of rotatable bonds is 5. The Kier molecular flexibility index (Phi) is 3.94. The Hall–Kier alpha value is -2.24. The average molecular weight is 287 g/mol. The van der Waals surface area contributed by atoms with E-state index in [0.717, 1.165) is 17.6 Å². The second kappa shape index (κ2) is 6.03. The molecule has 1 saturated carbocycles. The number of nitrogens with zero attached hydrogens (tertiary/aromatic N) is 2. The number of hydrogen-bond acceptors (Lipinski definition) is 2. The van der Waals surface area contributed by atoms with E-state index < -0.39 is 0 Å². The van der Waals surface area contributed by atoms with Crippen molar-refractivity contribution >= 4 is 17.0 Å². The van der Waals surface area contributed by atoms with E-state index in [-0.39, 0.29) is 5.69 Å². The zero-order valence-electron chi connectivity index (χ0n) is 12.0. The first kappa shape index (κ1) is 13.7. The molecule has 1 aromatic heterocycles. The number of H-pyrrole nitrogens is 1. The fourth-order valence-electron chi connectivity index (χ4n) is 2.58. The maximum Gasteiger partial charge on any atom is 0.326 e. The first-order valence-corrected chi connectivity index (χ1v) is 7.45. The molecule has 6 heteroatoms. The van der Waals surface area contributed by atoms with Gasteiger partial charge in [-0.05, 0) is 30.9 Å². The lowest BCUT2D eigenvalue weighted by atomic mass is 9.86. The van der Waals surface area contributed by atoms with Gasteiger partial charge in [0, 0.05) is 19.6 Å². The van der Waals surface area contributed by atoms with Crippen LogP contribution in [0.4, 0.5) is 0 Å². The number of guanidine groups is 1. The van der Waals surface area contributed by atoms with Crippen LogP contribution in [0.3, 0.4) is 0 Å². The number of para-hydroxylation sites is 2. The van der Waals surface area contributed by atoms with Gasteiger partial charge in [-0.25, -0.2) is 4.79 Å². The molecular weight excluding hydrogens is 266 g/mol. The van der Waals surface area contributed by atoms with Crippen LogP contribution in [0.5, 0.6) is 0 Å². The van der Waals surface area contributed by atoms with Crippen molar-refractivity contribution in [2.24, 2.45) is 16.6 Å². The standard InChI is InChI=1S/C15H21N5O/c16-14(18-10-11-4-3-5-11)17-8-9-20-13-7-2-1-6-12(13)19-15(20)21/h1-2,6-7,11H,3-5,8-10H2,(H,19,21)(H3,16,17,18). The van der Waals surface area contributed by atoms with Crippen molar-refractivity contribution in [3.8, 4) is 0 Å². The lowest BCUT2D eigenvalue weighted by molar-refractivity contribution is 0.326. The monoisotopic (exact) mass is 287 g/mol. The molecule has 1 aliphatic carbocycles. The minimum absolute atomic E-state index is 0.0945. The predicted molar refractivity (Wildman–Crippen MR) is 84.4 cm³/mol. The number of imidazole rings is 1. The summed E-state index contributed by atoms with van der Waals surface area (Å²) in [5.74, 6) is 1.18. The number of nitrogens with one attached hydrogen (secondary N) is 2. The van der Waals surface area contributed by atoms with Crippen molar-refractivity contribution in [1.29, 1.82) is 0 Å². The summed E-state index contributed by atoms with van der Waals surface area (Å²) in [6, 6.07) is 7.66. The van der Waals surface area contributed by atoms with Gasteiger partial charge in [0.05, 0.1) is 11.0 Å². The Labute approximate surface area is 123 Å². The molecule has 3 rings (SSSR count). The Morgan fingerprint density at radius 3 is 3.00 bits per heavy atom. The Morgan fingerprint density at radius 2 is 2.24 bits per heavy atom. The summed E-state index contributed by atoms with van der Waals surface area (Å²) in [6.07, 6.45) is 3.85. The zero-order valence-corrected chi connectivity index (χ0v) is 12.0. The van der Waals surface area contributed by atoms with Gasteiger partial charge >= 0.3 is 5.69 Å². The van der Waals surface area contributed by atoms with E-state index >= 15 is 0 Å². The third kappa shape index (κ3) is 3.09. The molecule has 0 saturated heterocycles. The summed E-state index contributed by atoms with van der Waals surface area (Å²) in [7, 11) is 0. The van der Waals surface area contributed by atoms with Crippen molar-refractivity contribution in [1.82, 2.24) is 14.9 Å². The fraction of sp³-hybridized carbons (Fsp3) is 0.467. The number of aromatic nitrogens is 2. The van der Waals surface area contributed by atoms with E-state index in [9.17, 15) is 4.79 Å². The third-order valence-corrected chi connectivity index (χ3v) is 4.07. The fourth-order valence-corrected chi connectivity index (χ4v) is 2.58. The third-order valence-electron chi connectivity index (χ3n) is 4.07. The van der Waals surface area contributed by atoms with Crippen LogP contribution in [0.15, 0.2) is 34.1 Å². The van der Waals surface area contributed by atoms with Crippen molar-refractivity contribution in [2.45, 2.75) is 25.8 Å². The van der Waals surface area contributed by atoms with Gasteiger partial charge in [-0.15, -0.1) is 0 Å². The van der Waals surface area contributed by atoms with Gasteiger partial charge in [0.2, 0.25) is 0 Å². The van der Waals surface area contributed by atoms with Crippen LogP contribution in [0.2, 0.25) is 0 Å². The topological polar surface area (TPSA) is 88.2 Å². The van der Waals surface area contributed by atoms with Crippen molar-refractivity contribution < 1.29 is 0 Å². The first-order chi connectivity index (χ1) is 10.2. The molecule has 21 heavy (non-hydrogen) atoms. The maximum absolute atomic E-state index is 11.9. The maximum atomic E-state index is 11.9. The summed E-state index contributed by atoms with van der Waals surface area (Å²) in [5, 5.41) is 3.07. The second-order valence-corrected chi connectivity index (χ2v) is 5.55. The molecule has 0 aliphatic heterocycles. The summed E-state index contributed by atoms with van der Waals surface area (Å²) < 4.78 is 1.71. The molecule has 6 nitrogen and oxygen atoms in total. The minimum Gasteiger partial charge on any atom is -0.370 e. The highest BCUT2D eigenvalue weighted by atomic mass is 16.1. The zero-order chi connectivity index (χ0) is 14.7. The van der Waals surface area contributed by atoms with E-state index in [2.05, 4.69) is 15.3 Å². The van der Waals surface area contributed by atoms with E-state index in [1.54, 1.807) is 4.57 Å². The van der Waals surface area contributed by atoms with E-state index in [1.807, 2.05) is 24.3 Å². The first-order valence-electron chi connectivity index (χ1n) is 7.45. The molecule has 0 radical (unpaired) electrons. The van der Waals surface area contributed by atoms with Crippen molar-refractivity contribution in [3.63, 3.8) is 0 Å². The molecular formula is C15H21N5O. The minimum atomic E-state index is -0.0945. The Morgan fingerprint density at radius 1 is 1.43 bits per heavy atom. The molecule has 2 aromatic rings. The van der Waals surface area contributed by atoms with Crippen LogP contribution in [0, 0.1) is 5.92 Å². The molecule has 1 aliphatic rings. The predicted octanol–water partition coefficient (Wildman–Crippen LogP) is 1.03. The number of hydrogen-bond donors (Lipinski definition) is 3.